The Labute approximate surface area is 96.6 Å². The molecule has 2 heterocycles. The Morgan fingerprint density at radius 2 is 2.18 bits per heavy atom. The molecule has 0 fully saturated rings. The van der Waals surface area contributed by atoms with E-state index >= 15 is 0 Å². The number of ether oxygens (including phenoxy) is 1. The zero-order chi connectivity index (χ0) is 12.6. The van der Waals surface area contributed by atoms with E-state index in [0.29, 0.717) is 11.4 Å². The molecule has 0 aliphatic heterocycles. The minimum atomic E-state index is -0.506. The lowest BCUT2D eigenvalue weighted by molar-refractivity contribution is -0.386. The Kier molecular flexibility index (Phi) is 2.54. The highest BCUT2D eigenvalue weighted by Gasteiger charge is 2.26. The first kappa shape index (κ1) is 11.1. The van der Waals surface area contributed by atoms with E-state index in [1.54, 1.807) is 31.9 Å². The number of aryl methyl sites for hydroxylation is 3. The Morgan fingerprint density at radius 1 is 1.47 bits per heavy atom. The van der Waals surface area contributed by atoms with E-state index < -0.39 is 4.92 Å². The maximum absolute atomic E-state index is 10.9. The van der Waals surface area contributed by atoms with Crippen LogP contribution >= 0.6 is 0 Å². The molecule has 0 atom stereocenters. The number of hydrogen-bond donors (Lipinski definition) is 0. The molecule has 0 amide bonds. The first-order chi connectivity index (χ1) is 7.99. The van der Waals surface area contributed by atoms with E-state index in [0.717, 1.165) is 0 Å². The molecule has 0 radical (unpaired) electrons. The molecular formula is C9H11N5O3. The summed E-state index contributed by atoms with van der Waals surface area (Å²) in [4.78, 5) is 10.4. The summed E-state index contributed by atoms with van der Waals surface area (Å²) in [5, 5.41) is 18.8. The largest absolute Gasteiger partial charge is 0.430 e. The molecule has 2 aromatic rings. The summed E-state index contributed by atoms with van der Waals surface area (Å²) >= 11 is 0. The lowest BCUT2D eigenvalue weighted by Crippen LogP contribution is -1.97. The molecule has 8 nitrogen and oxygen atoms in total. The average Bonchev–Trinajstić information content (AvgIpc) is 2.72. The molecule has 0 aromatic carbocycles. The van der Waals surface area contributed by atoms with Crippen LogP contribution in [0.15, 0.2) is 12.4 Å². The first-order valence-corrected chi connectivity index (χ1v) is 4.83. The fourth-order valence-corrected chi connectivity index (χ4v) is 1.51. The molecule has 0 saturated carbocycles. The second-order valence-corrected chi connectivity index (χ2v) is 3.57. The van der Waals surface area contributed by atoms with Gasteiger partial charge in [0, 0.05) is 14.1 Å². The summed E-state index contributed by atoms with van der Waals surface area (Å²) in [5.41, 5.74) is 0.188. The van der Waals surface area contributed by atoms with Gasteiger partial charge in [0.1, 0.15) is 5.69 Å². The minimum absolute atomic E-state index is 0.0977. The quantitative estimate of drug-likeness (QED) is 0.590. The number of nitro groups is 1. The zero-order valence-electron chi connectivity index (χ0n) is 9.62. The van der Waals surface area contributed by atoms with Gasteiger partial charge < -0.3 is 4.74 Å². The lowest BCUT2D eigenvalue weighted by atomic mass is 10.4. The standard InChI is InChI=1S/C9H11N5O3/c1-6-8(14(15)16)9(13(3)11-6)17-7-4-10-12(2)5-7/h4-5H,1-3H3. The molecule has 8 heteroatoms. The van der Waals surface area contributed by atoms with Gasteiger partial charge in [-0.1, -0.05) is 0 Å². The fraction of sp³-hybridized carbons (Fsp3) is 0.333. The van der Waals surface area contributed by atoms with Crippen LogP contribution in [0.3, 0.4) is 0 Å². The van der Waals surface area contributed by atoms with Crippen molar-refractivity contribution in [1.82, 2.24) is 19.6 Å². The van der Waals surface area contributed by atoms with E-state index in [1.807, 2.05) is 0 Å². The van der Waals surface area contributed by atoms with Crippen molar-refractivity contribution < 1.29 is 9.66 Å². The van der Waals surface area contributed by atoms with Crippen LogP contribution in [0.25, 0.3) is 0 Å². The smallest absolute Gasteiger partial charge is 0.353 e. The molecule has 0 spiro atoms. The van der Waals surface area contributed by atoms with Crippen LogP contribution in [0.5, 0.6) is 11.6 Å². The van der Waals surface area contributed by atoms with E-state index in [9.17, 15) is 10.1 Å². The molecule has 0 aliphatic rings. The molecule has 2 aromatic heterocycles. The van der Waals surface area contributed by atoms with Crippen molar-refractivity contribution in [3.63, 3.8) is 0 Å². The maximum atomic E-state index is 10.9. The molecule has 0 bridgehead atoms. The lowest BCUT2D eigenvalue weighted by Gasteiger charge is -2.01. The fourth-order valence-electron chi connectivity index (χ4n) is 1.51. The normalized spacial score (nSPS) is 10.5. The van der Waals surface area contributed by atoms with Gasteiger partial charge in [-0.2, -0.15) is 10.2 Å². The molecule has 17 heavy (non-hydrogen) atoms. The summed E-state index contributed by atoms with van der Waals surface area (Å²) < 4.78 is 8.30. The van der Waals surface area contributed by atoms with Crippen LogP contribution < -0.4 is 4.74 Å². The summed E-state index contributed by atoms with van der Waals surface area (Å²) in [5.74, 6) is 0.527. The molecule has 2 rings (SSSR count). The van der Waals surface area contributed by atoms with E-state index in [-0.39, 0.29) is 11.6 Å². The molecule has 0 saturated heterocycles. The van der Waals surface area contributed by atoms with Gasteiger partial charge >= 0.3 is 5.69 Å². The highest BCUT2D eigenvalue weighted by Crippen LogP contribution is 2.33. The van der Waals surface area contributed by atoms with Gasteiger partial charge in [0.15, 0.2) is 5.75 Å². The van der Waals surface area contributed by atoms with Crippen LogP contribution in [0, 0.1) is 17.0 Å². The van der Waals surface area contributed by atoms with Gasteiger partial charge in [0.2, 0.25) is 0 Å². The molecule has 90 valence electrons. The molecule has 0 aliphatic carbocycles. The van der Waals surface area contributed by atoms with Gasteiger partial charge in [-0.3, -0.25) is 14.8 Å². The maximum Gasteiger partial charge on any atom is 0.353 e. The Balaban J connectivity index is 2.41. The van der Waals surface area contributed by atoms with Gasteiger partial charge in [-0.25, -0.2) is 4.68 Å². The number of rotatable bonds is 3. The first-order valence-electron chi connectivity index (χ1n) is 4.83. The topological polar surface area (TPSA) is 88.0 Å². The van der Waals surface area contributed by atoms with Crippen LogP contribution in [0.2, 0.25) is 0 Å². The summed E-state index contributed by atoms with van der Waals surface area (Å²) in [7, 11) is 3.32. The van der Waals surface area contributed by atoms with Crippen molar-refractivity contribution in [1.29, 1.82) is 0 Å². The zero-order valence-corrected chi connectivity index (χ0v) is 9.62. The van der Waals surface area contributed by atoms with Crippen molar-refractivity contribution >= 4 is 5.69 Å². The molecule has 0 unspecified atom stereocenters. The van der Waals surface area contributed by atoms with Crippen molar-refractivity contribution in [2.45, 2.75) is 6.92 Å². The second kappa shape index (κ2) is 3.89. The van der Waals surface area contributed by atoms with Gasteiger partial charge in [-0.15, -0.1) is 0 Å². The average molecular weight is 237 g/mol. The van der Waals surface area contributed by atoms with Gasteiger partial charge in [0.25, 0.3) is 5.88 Å². The monoisotopic (exact) mass is 237 g/mol. The van der Waals surface area contributed by atoms with E-state index in [2.05, 4.69) is 10.2 Å². The third-order valence-corrected chi connectivity index (χ3v) is 2.22. The third-order valence-electron chi connectivity index (χ3n) is 2.22. The predicted molar refractivity (Wildman–Crippen MR) is 57.9 cm³/mol. The van der Waals surface area contributed by atoms with E-state index in [4.69, 9.17) is 4.74 Å². The highest BCUT2D eigenvalue weighted by atomic mass is 16.6. The molecular weight excluding hydrogens is 226 g/mol. The van der Waals surface area contributed by atoms with Crippen LogP contribution in [0.4, 0.5) is 5.69 Å². The Bertz CT molecular complexity index is 571. The number of hydrogen-bond acceptors (Lipinski definition) is 5. The predicted octanol–water partition coefficient (Wildman–Crippen LogP) is 1.16. The highest BCUT2D eigenvalue weighted by molar-refractivity contribution is 5.47. The van der Waals surface area contributed by atoms with E-state index in [1.165, 1.54) is 10.9 Å². The molecule has 0 N–H and O–H groups in total. The summed E-state index contributed by atoms with van der Waals surface area (Å²) in [6.07, 6.45) is 3.10. The van der Waals surface area contributed by atoms with Crippen LogP contribution in [0.1, 0.15) is 5.69 Å². The van der Waals surface area contributed by atoms with Crippen molar-refractivity contribution in [3.05, 3.63) is 28.2 Å². The minimum Gasteiger partial charge on any atom is -0.430 e. The number of nitrogens with zero attached hydrogens (tertiary/aromatic N) is 5. The van der Waals surface area contributed by atoms with Crippen molar-refractivity contribution in [2.75, 3.05) is 0 Å². The van der Waals surface area contributed by atoms with Crippen LogP contribution in [-0.2, 0) is 14.1 Å². The number of aromatic nitrogens is 4. The second-order valence-electron chi connectivity index (χ2n) is 3.57. The van der Waals surface area contributed by atoms with Gasteiger partial charge in [-0.05, 0) is 6.92 Å². The van der Waals surface area contributed by atoms with Gasteiger partial charge in [0.05, 0.1) is 17.3 Å². The Morgan fingerprint density at radius 3 is 2.71 bits per heavy atom. The van der Waals surface area contributed by atoms with Crippen molar-refractivity contribution in [2.24, 2.45) is 14.1 Å². The Hall–Kier alpha value is -2.38. The van der Waals surface area contributed by atoms with Crippen LogP contribution in [-0.4, -0.2) is 24.5 Å². The third kappa shape index (κ3) is 1.96. The SMILES string of the molecule is Cc1nn(C)c(Oc2cnn(C)c2)c1[N+](=O)[O-]. The summed E-state index contributed by atoms with van der Waals surface area (Å²) in [6.45, 7) is 1.56. The van der Waals surface area contributed by atoms with Crippen molar-refractivity contribution in [3.8, 4) is 11.6 Å². The summed E-state index contributed by atoms with van der Waals surface area (Å²) in [6, 6.07) is 0.